The Kier molecular flexibility index (Phi) is 6.24. The summed E-state index contributed by atoms with van der Waals surface area (Å²) < 4.78 is 2.21. The molecule has 4 nitrogen and oxygen atoms in total. The lowest BCUT2D eigenvalue weighted by Crippen LogP contribution is -2.41. The van der Waals surface area contributed by atoms with Crippen molar-refractivity contribution in [3.8, 4) is 0 Å². The number of amides is 1. The Bertz CT molecular complexity index is 960. The van der Waals surface area contributed by atoms with Crippen molar-refractivity contribution in [1.82, 2.24) is 14.5 Å². The molecule has 0 aliphatic heterocycles. The first-order valence-corrected chi connectivity index (χ1v) is 11.9. The second-order valence-corrected chi connectivity index (χ2v) is 8.65. The zero-order chi connectivity index (χ0) is 20.2. The fourth-order valence-electron chi connectivity index (χ4n) is 4.49. The SMILES string of the molecule is CCN(C(=O)c1ccc(C(SC)n2cnc3ccccc32)cc1)C1CCCCC1. The Morgan fingerprint density at radius 2 is 1.86 bits per heavy atom. The number of aromatic nitrogens is 2. The summed E-state index contributed by atoms with van der Waals surface area (Å²) >= 11 is 1.77. The molecule has 1 saturated carbocycles. The fraction of sp³-hybridized carbons (Fsp3) is 0.417. The number of para-hydroxylation sites is 2. The van der Waals surface area contributed by atoms with Gasteiger partial charge in [-0.2, -0.15) is 0 Å². The van der Waals surface area contributed by atoms with Gasteiger partial charge < -0.3 is 9.47 Å². The minimum Gasteiger partial charge on any atom is -0.336 e. The topological polar surface area (TPSA) is 38.1 Å². The van der Waals surface area contributed by atoms with E-state index in [1.807, 2.05) is 36.7 Å². The first-order valence-electron chi connectivity index (χ1n) is 10.6. The van der Waals surface area contributed by atoms with E-state index in [9.17, 15) is 4.79 Å². The van der Waals surface area contributed by atoms with Crippen LogP contribution in [0.2, 0.25) is 0 Å². The summed E-state index contributed by atoms with van der Waals surface area (Å²) in [5.41, 5.74) is 4.10. The maximum Gasteiger partial charge on any atom is 0.254 e. The number of carbonyl (C=O) groups excluding carboxylic acids is 1. The van der Waals surface area contributed by atoms with Gasteiger partial charge >= 0.3 is 0 Å². The van der Waals surface area contributed by atoms with Crippen LogP contribution in [0, 0.1) is 0 Å². The van der Waals surface area contributed by atoms with E-state index in [-0.39, 0.29) is 11.3 Å². The van der Waals surface area contributed by atoms with E-state index < -0.39 is 0 Å². The maximum atomic E-state index is 13.1. The van der Waals surface area contributed by atoms with Crippen molar-refractivity contribution in [3.05, 3.63) is 66.0 Å². The molecule has 1 atom stereocenters. The van der Waals surface area contributed by atoms with E-state index in [0.717, 1.165) is 36.0 Å². The lowest BCUT2D eigenvalue weighted by molar-refractivity contribution is 0.0648. The summed E-state index contributed by atoms with van der Waals surface area (Å²) in [4.78, 5) is 19.7. The monoisotopic (exact) mass is 407 g/mol. The van der Waals surface area contributed by atoms with Crippen molar-refractivity contribution in [1.29, 1.82) is 0 Å². The number of nitrogens with zero attached hydrogens (tertiary/aromatic N) is 3. The standard InChI is InChI=1S/C24H29N3OS/c1-3-26(20-9-5-4-6-10-20)23(28)18-13-15-19(16-14-18)24(29-2)27-17-25-21-11-7-8-12-22(21)27/h7-8,11-17,20,24H,3-6,9-10H2,1-2H3. The van der Waals surface area contributed by atoms with Crippen LogP contribution in [0.3, 0.4) is 0 Å². The number of fused-ring (bicyclic) bond motifs is 1. The maximum absolute atomic E-state index is 13.1. The molecule has 0 spiro atoms. The van der Waals surface area contributed by atoms with E-state index in [2.05, 4.69) is 45.8 Å². The van der Waals surface area contributed by atoms with Gasteiger partial charge in [-0.05, 0) is 55.9 Å². The predicted molar refractivity (Wildman–Crippen MR) is 121 cm³/mol. The number of hydrogen-bond donors (Lipinski definition) is 0. The van der Waals surface area contributed by atoms with Crippen LogP contribution in [0.4, 0.5) is 0 Å². The van der Waals surface area contributed by atoms with Crippen LogP contribution in [0.5, 0.6) is 0 Å². The number of imidazole rings is 1. The molecule has 4 rings (SSSR count). The molecular weight excluding hydrogens is 378 g/mol. The third-order valence-electron chi connectivity index (χ3n) is 6.02. The van der Waals surface area contributed by atoms with E-state index in [4.69, 9.17) is 0 Å². The Labute approximate surface area is 177 Å². The van der Waals surface area contributed by atoms with Crippen LogP contribution < -0.4 is 0 Å². The zero-order valence-corrected chi connectivity index (χ0v) is 18.1. The molecule has 0 N–H and O–H groups in total. The molecule has 1 aliphatic carbocycles. The van der Waals surface area contributed by atoms with Crippen LogP contribution in [-0.2, 0) is 0 Å². The zero-order valence-electron chi connectivity index (χ0n) is 17.3. The van der Waals surface area contributed by atoms with E-state index in [1.54, 1.807) is 11.8 Å². The van der Waals surface area contributed by atoms with E-state index >= 15 is 0 Å². The number of thioether (sulfide) groups is 1. The Hall–Kier alpha value is -2.27. The largest absolute Gasteiger partial charge is 0.336 e. The van der Waals surface area contributed by atoms with Crippen LogP contribution in [0.25, 0.3) is 11.0 Å². The number of hydrogen-bond acceptors (Lipinski definition) is 3. The molecule has 152 valence electrons. The highest BCUT2D eigenvalue weighted by atomic mass is 32.2. The minimum absolute atomic E-state index is 0.132. The molecule has 1 heterocycles. The van der Waals surface area contributed by atoms with Crippen molar-refractivity contribution >= 4 is 28.7 Å². The van der Waals surface area contributed by atoms with Gasteiger partial charge in [-0.25, -0.2) is 4.98 Å². The first-order chi connectivity index (χ1) is 14.2. The van der Waals surface area contributed by atoms with Gasteiger partial charge in [0, 0.05) is 18.2 Å². The fourth-order valence-corrected chi connectivity index (χ4v) is 5.32. The second kappa shape index (κ2) is 9.04. The van der Waals surface area contributed by atoms with E-state index in [0.29, 0.717) is 6.04 Å². The number of rotatable bonds is 6. The van der Waals surface area contributed by atoms with Crippen LogP contribution in [0.1, 0.15) is 60.3 Å². The molecular formula is C24H29N3OS. The minimum atomic E-state index is 0.132. The molecule has 0 bridgehead atoms. The molecule has 29 heavy (non-hydrogen) atoms. The van der Waals surface area contributed by atoms with Crippen molar-refractivity contribution in [3.63, 3.8) is 0 Å². The quantitative estimate of drug-likeness (QED) is 0.523. The van der Waals surface area contributed by atoms with Gasteiger partial charge in [-0.15, -0.1) is 11.8 Å². The summed E-state index contributed by atoms with van der Waals surface area (Å²) in [6.07, 6.45) is 10.1. The van der Waals surface area contributed by atoms with Gasteiger partial charge in [0.1, 0.15) is 5.37 Å². The summed E-state index contributed by atoms with van der Waals surface area (Å²) in [6, 6.07) is 16.8. The van der Waals surface area contributed by atoms with Gasteiger partial charge in [0.15, 0.2) is 0 Å². The molecule has 1 fully saturated rings. The molecule has 1 aliphatic rings. The molecule has 1 aromatic heterocycles. The normalized spacial score (nSPS) is 16.1. The molecule has 2 aromatic carbocycles. The molecule has 0 radical (unpaired) electrons. The number of benzene rings is 2. The second-order valence-electron chi connectivity index (χ2n) is 7.73. The average Bonchev–Trinajstić information content (AvgIpc) is 3.20. The van der Waals surface area contributed by atoms with Crippen molar-refractivity contribution < 1.29 is 4.79 Å². The Morgan fingerprint density at radius 3 is 2.55 bits per heavy atom. The average molecular weight is 408 g/mol. The lowest BCUT2D eigenvalue weighted by Gasteiger charge is -2.33. The van der Waals surface area contributed by atoms with Gasteiger partial charge in [-0.3, -0.25) is 4.79 Å². The smallest absolute Gasteiger partial charge is 0.254 e. The van der Waals surface area contributed by atoms with Crippen LogP contribution >= 0.6 is 11.8 Å². The summed E-state index contributed by atoms with van der Waals surface area (Å²) in [7, 11) is 0. The highest BCUT2D eigenvalue weighted by molar-refractivity contribution is 7.98. The highest BCUT2D eigenvalue weighted by Gasteiger charge is 2.25. The van der Waals surface area contributed by atoms with Gasteiger partial charge in [0.25, 0.3) is 5.91 Å². The van der Waals surface area contributed by atoms with Gasteiger partial charge in [0.05, 0.1) is 17.4 Å². The van der Waals surface area contributed by atoms with Crippen LogP contribution in [-0.4, -0.2) is 39.2 Å². The number of carbonyl (C=O) groups is 1. The summed E-state index contributed by atoms with van der Waals surface area (Å²) in [5.74, 6) is 0.166. The predicted octanol–water partition coefficient (Wildman–Crippen LogP) is 5.74. The highest BCUT2D eigenvalue weighted by Crippen LogP contribution is 2.32. The molecule has 1 unspecified atom stereocenters. The third-order valence-corrected chi connectivity index (χ3v) is 6.96. The third kappa shape index (κ3) is 4.06. The van der Waals surface area contributed by atoms with Crippen molar-refractivity contribution in [2.24, 2.45) is 0 Å². The Balaban J connectivity index is 1.56. The van der Waals surface area contributed by atoms with Crippen molar-refractivity contribution in [2.45, 2.75) is 50.4 Å². The van der Waals surface area contributed by atoms with Crippen molar-refractivity contribution in [2.75, 3.05) is 12.8 Å². The van der Waals surface area contributed by atoms with E-state index in [1.165, 1.54) is 24.8 Å². The molecule has 3 aromatic rings. The Morgan fingerprint density at radius 1 is 1.14 bits per heavy atom. The lowest BCUT2D eigenvalue weighted by atomic mass is 9.93. The molecule has 0 saturated heterocycles. The van der Waals surface area contributed by atoms with Crippen LogP contribution in [0.15, 0.2) is 54.9 Å². The first kappa shape index (κ1) is 20.0. The summed E-state index contributed by atoms with van der Waals surface area (Å²) in [6.45, 7) is 2.87. The van der Waals surface area contributed by atoms with Gasteiger partial charge in [0.2, 0.25) is 0 Å². The summed E-state index contributed by atoms with van der Waals surface area (Å²) in [5, 5.41) is 0.132. The van der Waals surface area contributed by atoms with Gasteiger partial charge in [-0.1, -0.05) is 43.5 Å². The molecule has 5 heteroatoms. The molecule has 1 amide bonds.